The van der Waals surface area contributed by atoms with E-state index in [1.54, 1.807) is 0 Å². The van der Waals surface area contributed by atoms with Crippen LogP contribution in [0, 0.1) is 12.3 Å². The summed E-state index contributed by atoms with van der Waals surface area (Å²) in [6, 6.07) is 11.5. The van der Waals surface area contributed by atoms with Crippen molar-refractivity contribution in [3.05, 3.63) is 55.9 Å². The van der Waals surface area contributed by atoms with E-state index in [1.807, 2.05) is 36.4 Å². The van der Waals surface area contributed by atoms with Crippen LogP contribution in [0.5, 0.6) is 5.75 Å². The number of rotatable bonds is 5. The molecule has 0 amide bonds. The van der Waals surface area contributed by atoms with Gasteiger partial charge in [-0.3, -0.25) is 0 Å². The third-order valence-corrected chi connectivity index (χ3v) is 4.10. The maximum Gasteiger partial charge on any atom is 0.148 e. The molecule has 0 atom stereocenters. The summed E-state index contributed by atoms with van der Waals surface area (Å²) in [6.45, 7) is 0.793. The molecule has 0 aliphatic carbocycles. The van der Waals surface area contributed by atoms with Crippen molar-refractivity contribution in [2.45, 2.75) is 6.54 Å². The van der Waals surface area contributed by atoms with Gasteiger partial charge in [-0.2, -0.15) is 0 Å². The molecule has 0 aliphatic rings. The van der Waals surface area contributed by atoms with Gasteiger partial charge < -0.3 is 10.1 Å². The van der Waals surface area contributed by atoms with Crippen LogP contribution in [-0.4, -0.2) is 6.61 Å². The first-order chi connectivity index (χ1) is 10.1. The third kappa shape index (κ3) is 4.41. The zero-order valence-electron chi connectivity index (χ0n) is 11.0. The Morgan fingerprint density at radius 3 is 2.71 bits per heavy atom. The summed E-state index contributed by atoms with van der Waals surface area (Å²) in [4.78, 5) is 0. The second-order valence-electron chi connectivity index (χ2n) is 4.20. The van der Waals surface area contributed by atoms with Crippen molar-refractivity contribution in [2.75, 3.05) is 11.9 Å². The molecule has 0 aliphatic heterocycles. The quantitative estimate of drug-likeness (QED) is 0.635. The number of ether oxygens (including phenoxy) is 1. The first kappa shape index (κ1) is 16.2. The molecule has 0 bridgehead atoms. The highest BCUT2D eigenvalue weighted by Crippen LogP contribution is 2.34. The van der Waals surface area contributed by atoms with Gasteiger partial charge in [-0.05, 0) is 40.2 Å². The SMILES string of the molecule is C#CCOc1c(Br)cc(Br)cc1CNc1ccccc1Cl. The molecule has 0 saturated heterocycles. The van der Waals surface area contributed by atoms with E-state index in [0.29, 0.717) is 11.6 Å². The zero-order chi connectivity index (χ0) is 15.2. The topological polar surface area (TPSA) is 21.3 Å². The lowest BCUT2D eigenvalue weighted by atomic mass is 10.2. The van der Waals surface area contributed by atoms with Crippen molar-refractivity contribution < 1.29 is 4.74 Å². The fourth-order valence-electron chi connectivity index (χ4n) is 1.82. The van der Waals surface area contributed by atoms with Gasteiger partial charge in [0.15, 0.2) is 0 Å². The molecule has 0 spiro atoms. The molecular formula is C16H12Br2ClNO. The van der Waals surface area contributed by atoms with E-state index in [-0.39, 0.29) is 6.61 Å². The van der Waals surface area contributed by atoms with Crippen LogP contribution in [-0.2, 0) is 6.54 Å². The van der Waals surface area contributed by atoms with Crippen LogP contribution in [0.25, 0.3) is 0 Å². The number of hydrogen-bond donors (Lipinski definition) is 1. The lowest BCUT2D eigenvalue weighted by Gasteiger charge is -2.14. The number of nitrogens with one attached hydrogen (secondary N) is 1. The van der Waals surface area contributed by atoms with E-state index < -0.39 is 0 Å². The predicted molar refractivity (Wildman–Crippen MR) is 94.9 cm³/mol. The first-order valence-corrected chi connectivity index (χ1v) is 8.11. The predicted octanol–water partition coefficient (Wildman–Crippen LogP) is 5.49. The Kier molecular flexibility index (Phi) is 5.98. The third-order valence-electron chi connectivity index (χ3n) is 2.73. The fraction of sp³-hybridized carbons (Fsp3) is 0.125. The summed E-state index contributed by atoms with van der Waals surface area (Å²) in [5.74, 6) is 3.20. The van der Waals surface area contributed by atoms with E-state index in [2.05, 4.69) is 43.1 Å². The van der Waals surface area contributed by atoms with E-state index in [0.717, 1.165) is 25.9 Å². The lowest BCUT2D eigenvalue weighted by Crippen LogP contribution is -2.05. The Balaban J connectivity index is 2.22. The zero-order valence-corrected chi connectivity index (χ0v) is 14.9. The van der Waals surface area contributed by atoms with Crippen LogP contribution in [0.15, 0.2) is 45.3 Å². The van der Waals surface area contributed by atoms with Crippen LogP contribution in [0.2, 0.25) is 5.02 Å². The van der Waals surface area contributed by atoms with Gasteiger partial charge in [0.1, 0.15) is 12.4 Å². The van der Waals surface area contributed by atoms with Gasteiger partial charge >= 0.3 is 0 Å². The molecule has 0 saturated carbocycles. The summed E-state index contributed by atoms with van der Waals surface area (Å²) >= 11 is 13.1. The van der Waals surface area contributed by atoms with Gasteiger partial charge in [0.25, 0.3) is 0 Å². The average Bonchev–Trinajstić information content (AvgIpc) is 2.45. The van der Waals surface area contributed by atoms with Gasteiger partial charge in [0.2, 0.25) is 0 Å². The summed E-state index contributed by atoms with van der Waals surface area (Å²) in [7, 11) is 0. The Bertz CT molecular complexity index is 682. The van der Waals surface area contributed by atoms with Crippen LogP contribution in [0.3, 0.4) is 0 Å². The minimum absolute atomic E-state index is 0.222. The monoisotopic (exact) mass is 427 g/mol. The van der Waals surface area contributed by atoms with Crippen molar-refractivity contribution in [1.82, 2.24) is 0 Å². The van der Waals surface area contributed by atoms with E-state index >= 15 is 0 Å². The highest BCUT2D eigenvalue weighted by molar-refractivity contribution is 9.11. The summed E-state index contributed by atoms with van der Waals surface area (Å²) in [5, 5.41) is 3.97. The number of benzene rings is 2. The van der Waals surface area contributed by atoms with E-state index in [1.165, 1.54) is 0 Å². The van der Waals surface area contributed by atoms with Crippen molar-refractivity contribution in [1.29, 1.82) is 0 Å². The fourth-order valence-corrected chi connectivity index (χ4v) is 3.45. The minimum Gasteiger partial charge on any atom is -0.479 e. The Morgan fingerprint density at radius 1 is 1.24 bits per heavy atom. The van der Waals surface area contributed by atoms with Gasteiger partial charge in [-0.1, -0.05) is 45.6 Å². The molecule has 1 N–H and O–H groups in total. The van der Waals surface area contributed by atoms with Gasteiger partial charge in [0.05, 0.1) is 15.2 Å². The van der Waals surface area contributed by atoms with Crippen LogP contribution in [0.4, 0.5) is 5.69 Å². The highest BCUT2D eigenvalue weighted by atomic mass is 79.9. The molecule has 5 heteroatoms. The standard InChI is InChI=1S/C16H12Br2ClNO/c1-2-7-21-16-11(8-12(17)9-13(16)18)10-20-15-6-4-3-5-14(15)19/h1,3-6,8-9,20H,7,10H2. The van der Waals surface area contributed by atoms with Crippen LogP contribution < -0.4 is 10.1 Å². The number of anilines is 1. The molecule has 2 aromatic rings. The van der Waals surface area contributed by atoms with Crippen molar-refractivity contribution in [2.24, 2.45) is 0 Å². The number of para-hydroxylation sites is 1. The molecule has 2 rings (SSSR count). The molecule has 2 aromatic carbocycles. The smallest absolute Gasteiger partial charge is 0.148 e. The molecule has 0 unspecified atom stereocenters. The Morgan fingerprint density at radius 2 is 2.00 bits per heavy atom. The maximum atomic E-state index is 6.14. The first-order valence-electron chi connectivity index (χ1n) is 6.14. The molecule has 2 nitrogen and oxygen atoms in total. The van der Waals surface area contributed by atoms with Crippen molar-refractivity contribution in [3.8, 4) is 18.1 Å². The molecular weight excluding hydrogens is 417 g/mol. The number of halogens is 3. The van der Waals surface area contributed by atoms with Crippen molar-refractivity contribution >= 4 is 49.1 Å². The summed E-state index contributed by atoms with van der Waals surface area (Å²) < 4.78 is 7.42. The Labute approximate surface area is 146 Å². The lowest BCUT2D eigenvalue weighted by molar-refractivity contribution is 0.364. The average molecular weight is 430 g/mol. The van der Waals surface area contributed by atoms with Gasteiger partial charge in [-0.25, -0.2) is 0 Å². The summed E-state index contributed by atoms with van der Waals surface area (Å²) in [5.41, 5.74) is 1.85. The molecule has 0 fully saturated rings. The molecule has 0 heterocycles. The van der Waals surface area contributed by atoms with Crippen molar-refractivity contribution in [3.63, 3.8) is 0 Å². The van der Waals surface area contributed by atoms with E-state index in [4.69, 9.17) is 22.8 Å². The second-order valence-corrected chi connectivity index (χ2v) is 6.38. The number of hydrogen-bond acceptors (Lipinski definition) is 2. The molecule has 108 valence electrons. The summed E-state index contributed by atoms with van der Waals surface area (Å²) in [6.07, 6.45) is 5.26. The van der Waals surface area contributed by atoms with E-state index in [9.17, 15) is 0 Å². The molecule has 0 aromatic heterocycles. The van der Waals surface area contributed by atoms with Crippen LogP contribution >= 0.6 is 43.5 Å². The second kappa shape index (κ2) is 7.74. The largest absolute Gasteiger partial charge is 0.479 e. The van der Waals surface area contributed by atoms with Gasteiger partial charge in [-0.15, -0.1) is 6.42 Å². The maximum absolute atomic E-state index is 6.14. The highest BCUT2D eigenvalue weighted by Gasteiger charge is 2.10. The molecule has 21 heavy (non-hydrogen) atoms. The van der Waals surface area contributed by atoms with Gasteiger partial charge in [0, 0.05) is 16.6 Å². The number of terminal acetylenes is 1. The normalized spacial score (nSPS) is 10.0. The Hall–Kier alpha value is -1.15. The molecule has 0 radical (unpaired) electrons. The minimum atomic E-state index is 0.222. The van der Waals surface area contributed by atoms with Crippen LogP contribution in [0.1, 0.15) is 5.56 Å².